The molecule has 9 nitrogen and oxygen atoms in total. The van der Waals surface area contributed by atoms with Gasteiger partial charge in [-0.2, -0.15) is 31.6 Å². The average Bonchev–Trinajstić information content (AvgIpc) is 3.76. The van der Waals surface area contributed by atoms with Gasteiger partial charge in [-0.1, -0.05) is 66.7 Å². The van der Waals surface area contributed by atoms with Crippen molar-refractivity contribution in [3.8, 4) is 51.3 Å². The Morgan fingerprint density at radius 2 is 0.828 bits per heavy atom. The first-order valence-electron chi connectivity index (χ1n) is 19.9. The second-order valence-electron chi connectivity index (χ2n) is 15.4. The summed E-state index contributed by atoms with van der Waals surface area (Å²) in [5.74, 6) is 2.63. The molecular weight excluding hydrogens is 829 g/mol. The summed E-state index contributed by atoms with van der Waals surface area (Å²) in [4.78, 5) is 26.8. The topological polar surface area (TPSA) is 111 Å². The van der Waals surface area contributed by atoms with Gasteiger partial charge in [-0.3, -0.25) is 0 Å². The van der Waals surface area contributed by atoms with E-state index in [1.807, 2.05) is 48.5 Å². The quantitative estimate of drug-likeness (QED) is 0.158. The van der Waals surface area contributed by atoms with E-state index in [0.717, 1.165) is 16.8 Å². The van der Waals surface area contributed by atoms with Crippen LogP contribution >= 0.6 is 0 Å². The maximum atomic E-state index is 15.1. The Kier molecular flexibility index (Phi) is 9.12. The maximum absolute atomic E-state index is 15.1. The Morgan fingerprint density at radius 1 is 0.438 bits per heavy atom. The summed E-state index contributed by atoms with van der Waals surface area (Å²) in [6, 6.07) is 32.3. The van der Waals surface area contributed by atoms with Crippen molar-refractivity contribution in [2.24, 2.45) is 0 Å². The van der Waals surface area contributed by atoms with E-state index in [1.54, 1.807) is 73.2 Å². The van der Waals surface area contributed by atoms with Crippen LogP contribution in [0.2, 0.25) is 0 Å². The third-order valence-corrected chi connectivity index (χ3v) is 11.2. The number of aromatic nitrogens is 8. The van der Waals surface area contributed by atoms with E-state index < -0.39 is 34.6 Å². The number of para-hydroxylation sites is 2. The predicted molar refractivity (Wildman–Crippen MR) is 232 cm³/mol. The van der Waals surface area contributed by atoms with E-state index >= 15 is 26.3 Å². The first-order chi connectivity index (χ1) is 30.6. The highest BCUT2D eigenvalue weighted by Gasteiger charge is 2.41. The lowest BCUT2D eigenvalue weighted by Crippen LogP contribution is -2.15. The number of alkyl halides is 6. The molecule has 4 aromatic heterocycles. The zero-order chi connectivity index (χ0) is 44.8. The summed E-state index contributed by atoms with van der Waals surface area (Å²) in [5.41, 5.74) is -1.19. The number of rotatable bonds is 5. The minimum absolute atomic E-state index is 0.0263. The van der Waals surface area contributed by atoms with Crippen molar-refractivity contribution in [3.05, 3.63) is 155 Å². The third kappa shape index (κ3) is 6.57. The normalized spacial score (nSPS) is 12.2. The van der Waals surface area contributed by atoms with Gasteiger partial charge in [0.15, 0.2) is 11.6 Å². The molecule has 0 aliphatic rings. The molecule has 314 valence electrons. The van der Waals surface area contributed by atoms with Crippen LogP contribution in [0.4, 0.5) is 26.3 Å². The van der Waals surface area contributed by atoms with Crippen LogP contribution in [-0.2, 0) is 12.4 Å². The second-order valence-corrected chi connectivity index (χ2v) is 15.4. The Bertz CT molecular complexity index is 3350. The lowest BCUT2D eigenvalue weighted by atomic mass is 9.91. The van der Waals surface area contributed by atoms with Crippen molar-refractivity contribution in [1.82, 2.24) is 39.0 Å². The lowest BCUT2D eigenvalue weighted by molar-refractivity contribution is -0.142. The summed E-state index contributed by atoms with van der Waals surface area (Å²) < 4.78 is 94.0. The Morgan fingerprint density at radius 3 is 1.22 bits per heavy atom. The molecule has 64 heavy (non-hydrogen) atoms. The zero-order valence-corrected chi connectivity index (χ0v) is 34.3. The Balaban J connectivity index is 1.39. The molecule has 15 heteroatoms. The summed E-state index contributed by atoms with van der Waals surface area (Å²) >= 11 is 0. The zero-order valence-electron chi connectivity index (χ0n) is 34.3. The van der Waals surface area contributed by atoms with E-state index in [4.69, 9.17) is 0 Å². The molecule has 0 atom stereocenters. The van der Waals surface area contributed by atoms with Crippen molar-refractivity contribution >= 4 is 43.6 Å². The number of fused-ring (bicyclic) bond motifs is 6. The molecule has 0 bridgehead atoms. The van der Waals surface area contributed by atoms with Gasteiger partial charge in [-0.05, 0) is 81.8 Å². The van der Waals surface area contributed by atoms with Crippen molar-refractivity contribution in [2.75, 3.05) is 0 Å². The minimum atomic E-state index is -5.20. The number of benzene rings is 6. The van der Waals surface area contributed by atoms with Gasteiger partial charge in [-0.25, -0.2) is 29.9 Å². The molecule has 10 rings (SSSR count). The number of nitrogens with zero attached hydrogens (tertiary/aromatic N) is 9. The summed E-state index contributed by atoms with van der Waals surface area (Å²) in [6.45, 7) is 6.94. The van der Waals surface area contributed by atoms with Gasteiger partial charge in [0, 0.05) is 38.2 Å². The summed E-state index contributed by atoms with van der Waals surface area (Å²) in [7, 11) is 0. The van der Waals surface area contributed by atoms with Crippen LogP contribution in [0.25, 0.3) is 88.9 Å². The van der Waals surface area contributed by atoms with E-state index in [9.17, 15) is 5.26 Å². The molecule has 10 aromatic rings. The van der Waals surface area contributed by atoms with Crippen LogP contribution < -0.4 is 0 Å². The largest absolute Gasteiger partial charge is 0.417 e. The first kappa shape index (κ1) is 40.1. The molecule has 4 heterocycles. The number of hydrogen-bond donors (Lipinski definition) is 0. The van der Waals surface area contributed by atoms with Crippen LogP contribution in [0.1, 0.15) is 40.0 Å². The average molecular weight is 860 g/mol. The Labute approximate surface area is 360 Å². The van der Waals surface area contributed by atoms with Gasteiger partial charge in [0.25, 0.3) is 0 Å². The van der Waals surface area contributed by atoms with Crippen LogP contribution in [-0.4, -0.2) is 39.0 Å². The molecule has 0 saturated heterocycles. The number of hydrogen-bond acceptors (Lipinski definition) is 7. The summed E-state index contributed by atoms with van der Waals surface area (Å²) in [5, 5.41) is 14.3. The van der Waals surface area contributed by atoms with Crippen LogP contribution in [0.15, 0.2) is 115 Å². The lowest BCUT2D eigenvalue weighted by Gasteiger charge is -2.22. The fraction of sp³-hybridized carbons (Fsp3) is 0.122. The molecule has 0 spiro atoms. The molecular formula is C49H31F6N9. The van der Waals surface area contributed by atoms with Gasteiger partial charge >= 0.3 is 12.4 Å². The van der Waals surface area contributed by atoms with E-state index in [-0.39, 0.29) is 16.9 Å². The molecule has 0 unspecified atom stereocenters. The van der Waals surface area contributed by atoms with Crippen molar-refractivity contribution in [3.63, 3.8) is 0 Å². The minimum Gasteiger partial charge on any atom is -0.308 e. The van der Waals surface area contributed by atoms with Crippen LogP contribution in [0, 0.1) is 39.0 Å². The predicted octanol–water partition coefficient (Wildman–Crippen LogP) is 12.4. The highest BCUT2D eigenvalue weighted by molar-refractivity contribution is 6.12. The highest BCUT2D eigenvalue weighted by atomic mass is 19.4. The van der Waals surface area contributed by atoms with Crippen LogP contribution in [0.3, 0.4) is 0 Å². The molecule has 6 aromatic carbocycles. The third-order valence-electron chi connectivity index (χ3n) is 11.2. The fourth-order valence-electron chi connectivity index (χ4n) is 8.79. The monoisotopic (exact) mass is 859 g/mol. The SMILES string of the molecule is Cc1nc(C)nc(-c2ccc3c4ccccc4n(-c4cc(-c5c(C(F)(F)F)cccc5C(F)(F)F)cc(-n5c6ccccc6c6ccc(-c7nc(C)nc(C)n7)cc65)c4C#N)c3c2)n1. The number of nitriles is 1. The Hall–Kier alpha value is -7.99. The van der Waals surface area contributed by atoms with E-state index in [0.29, 0.717) is 91.0 Å². The molecule has 0 aliphatic carbocycles. The number of aryl methyl sites for hydroxylation is 4. The highest BCUT2D eigenvalue weighted by Crippen LogP contribution is 2.47. The molecule has 0 fully saturated rings. The van der Waals surface area contributed by atoms with Crippen LogP contribution in [0.5, 0.6) is 0 Å². The first-order valence-corrected chi connectivity index (χ1v) is 19.9. The maximum Gasteiger partial charge on any atom is 0.417 e. The smallest absolute Gasteiger partial charge is 0.308 e. The second kappa shape index (κ2) is 14.6. The molecule has 0 radical (unpaired) electrons. The van der Waals surface area contributed by atoms with Crippen molar-refractivity contribution in [2.45, 2.75) is 40.0 Å². The molecule has 0 saturated carbocycles. The van der Waals surface area contributed by atoms with Gasteiger partial charge < -0.3 is 9.13 Å². The standard InChI is InChI=1S/C49H31F6N9/c1-25-57-26(2)60-46(59-25)29-16-18-34-32-10-5-7-14-39(32)63(41(34)20-29)43-22-31(45-37(48(50,51)52)12-9-13-38(45)49(53,54)55)23-44(36(43)24-56)64-40-15-8-6-11-33(40)35-19-17-30(21-42(35)64)47-61-27(3)58-28(4)62-47/h5-23H,1-4H3. The molecule has 0 N–H and O–H groups in total. The van der Waals surface area contributed by atoms with Gasteiger partial charge in [0.05, 0.1) is 44.6 Å². The molecule has 0 aliphatic heterocycles. The van der Waals surface area contributed by atoms with Crippen molar-refractivity contribution in [1.29, 1.82) is 5.26 Å². The fourth-order valence-corrected chi connectivity index (χ4v) is 8.79. The van der Waals surface area contributed by atoms with Gasteiger partial charge in [-0.15, -0.1) is 0 Å². The van der Waals surface area contributed by atoms with E-state index in [1.165, 1.54) is 12.1 Å². The molecule has 0 amide bonds. The van der Waals surface area contributed by atoms with Gasteiger partial charge in [0.1, 0.15) is 34.9 Å². The van der Waals surface area contributed by atoms with Gasteiger partial charge in [0.2, 0.25) is 0 Å². The van der Waals surface area contributed by atoms with Crippen molar-refractivity contribution < 1.29 is 26.3 Å². The van der Waals surface area contributed by atoms with E-state index in [2.05, 4.69) is 36.0 Å². The number of halogens is 6. The summed E-state index contributed by atoms with van der Waals surface area (Å²) in [6.07, 6.45) is -10.4.